The lowest BCUT2D eigenvalue weighted by atomic mass is 10.2. The minimum atomic E-state index is -0.282. The number of aromatic nitrogens is 1. The molecule has 114 valence electrons. The van der Waals surface area contributed by atoms with Crippen molar-refractivity contribution in [2.75, 3.05) is 4.90 Å². The molecule has 23 heavy (non-hydrogen) atoms. The Bertz CT molecular complexity index is 775. The van der Waals surface area contributed by atoms with Gasteiger partial charge in [-0.3, -0.25) is 4.90 Å². The lowest BCUT2D eigenvalue weighted by molar-refractivity contribution is 0.138. The largest absolute Gasteiger partial charge is 0.444 e. The zero-order valence-electron chi connectivity index (χ0n) is 12.6. The zero-order chi connectivity index (χ0) is 15.6. The van der Waals surface area contributed by atoms with E-state index in [4.69, 9.17) is 4.74 Å². The summed E-state index contributed by atoms with van der Waals surface area (Å²) in [5.41, 5.74) is 1.79. The van der Waals surface area contributed by atoms with E-state index in [9.17, 15) is 4.79 Å². The summed E-state index contributed by atoms with van der Waals surface area (Å²) >= 11 is 0. The first-order chi connectivity index (χ1) is 11.3. The van der Waals surface area contributed by atoms with Crippen LogP contribution in [-0.4, -0.2) is 23.2 Å². The predicted molar refractivity (Wildman–Crippen MR) is 87.0 cm³/mol. The summed E-state index contributed by atoms with van der Waals surface area (Å²) in [4.78, 5) is 18.1. The van der Waals surface area contributed by atoms with Gasteiger partial charge < -0.3 is 4.74 Å². The van der Waals surface area contributed by atoms with Gasteiger partial charge >= 0.3 is 6.09 Å². The third kappa shape index (κ3) is 2.66. The normalized spacial score (nSPS) is 22.3. The van der Waals surface area contributed by atoms with E-state index in [1.54, 1.807) is 11.1 Å². The maximum atomic E-state index is 12.0. The van der Waals surface area contributed by atoms with Gasteiger partial charge in [0.2, 0.25) is 0 Å². The molecule has 0 unspecified atom stereocenters. The Hall–Kier alpha value is -2.80. The number of carbonyl (C=O) groups is 1. The number of benzene rings is 1. The molecule has 1 amide bonds. The minimum Gasteiger partial charge on any atom is -0.444 e. The number of carbonyl (C=O) groups excluding carboxylic acids is 1. The number of nitrogens with zero attached hydrogens (tertiary/aromatic N) is 2. The van der Waals surface area contributed by atoms with Crippen LogP contribution in [0.2, 0.25) is 0 Å². The van der Waals surface area contributed by atoms with Crippen LogP contribution in [0.5, 0.6) is 0 Å². The Morgan fingerprint density at radius 3 is 2.65 bits per heavy atom. The third-order valence-corrected chi connectivity index (χ3v) is 4.32. The molecule has 4 rings (SSSR count). The van der Waals surface area contributed by atoms with Gasteiger partial charge in [0.15, 0.2) is 0 Å². The van der Waals surface area contributed by atoms with Crippen LogP contribution in [0.4, 0.5) is 10.6 Å². The molecular weight excluding hydrogens is 288 g/mol. The molecule has 1 aliphatic carbocycles. The number of pyridine rings is 1. The Balaban J connectivity index is 1.55. The summed E-state index contributed by atoms with van der Waals surface area (Å²) < 4.78 is 5.41. The Labute approximate surface area is 135 Å². The second-order valence-electron chi connectivity index (χ2n) is 5.81. The lowest BCUT2D eigenvalue weighted by Crippen LogP contribution is -2.34. The van der Waals surface area contributed by atoms with Crippen molar-refractivity contribution in [1.82, 2.24) is 4.98 Å². The van der Waals surface area contributed by atoms with Gasteiger partial charge in [-0.15, -0.1) is 0 Å². The van der Waals surface area contributed by atoms with Crippen LogP contribution in [0, 0.1) is 11.8 Å². The van der Waals surface area contributed by atoms with E-state index < -0.39 is 0 Å². The highest BCUT2D eigenvalue weighted by atomic mass is 16.6. The van der Waals surface area contributed by atoms with Gasteiger partial charge in [-0.1, -0.05) is 30.0 Å². The highest BCUT2D eigenvalue weighted by Gasteiger charge is 2.45. The molecule has 0 bridgehead atoms. The summed E-state index contributed by atoms with van der Waals surface area (Å²) in [5.74, 6) is 6.84. The first-order valence-electron chi connectivity index (χ1n) is 7.84. The average molecular weight is 304 g/mol. The first-order valence-corrected chi connectivity index (χ1v) is 7.84. The average Bonchev–Trinajstić information content (AvgIpc) is 3.14. The lowest BCUT2D eigenvalue weighted by Gasteiger charge is -2.18. The molecule has 2 aliphatic rings. The molecule has 1 aliphatic heterocycles. The maximum absolute atomic E-state index is 12.0. The number of anilines is 1. The van der Waals surface area contributed by atoms with Crippen molar-refractivity contribution < 1.29 is 9.53 Å². The molecule has 0 spiro atoms. The highest BCUT2D eigenvalue weighted by molar-refractivity contribution is 5.89. The molecule has 0 N–H and O–H groups in total. The molecule has 2 heterocycles. The summed E-state index contributed by atoms with van der Waals surface area (Å²) in [6.07, 6.45) is 4.49. The molecule has 2 atom stereocenters. The predicted octanol–water partition coefficient (Wildman–Crippen LogP) is 3.36. The van der Waals surface area contributed by atoms with Gasteiger partial charge in [-0.2, -0.15) is 0 Å². The van der Waals surface area contributed by atoms with E-state index in [2.05, 4.69) is 16.8 Å². The SMILES string of the molecule is O=C1O[C@H]2CCC[C@H]2N1c1ccc(C#Cc2ccccc2)cn1. The van der Waals surface area contributed by atoms with E-state index >= 15 is 0 Å². The number of rotatable bonds is 1. The van der Waals surface area contributed by atoms with Crippen LogP contribution < -0.4 is 4.90 Å². The van der Waals surface area contributed by atoms with Crippen molar-refractivity contribution in [3.8, 4) is 11.8 Å². The van der Waals surface area contributed by atoms with Crippen molar-refractivity contribution in [1.29, 1.82) is 0 Å². The molecule has 1 aromatic carbocycles. The van der Waals surface area contributed by atoms with Crippen molar-refractivity contribution in [2.24, 2.45) is 0 Å². The fourth-order valence-corrected chi connectivity index (χ4v) is 3.19. The van der Waals surface area contributed by atoms with Crippen molar-refractivity contribution in [3.05, 3.63) is 59.8 Å². The second-order valence-corrected chi connectivity index (χ2v) is 5.81. The van der Waals surface area contributed by atoms with Gasteiger partial charge in [-0.25, -0.2) is 9.78 Å². The maximum Gasteiger partial charge on any atom is 0.416 e. The summed E-state index contributed by atoms with van der Waals surface area (Å²) in [7, 11) is 0. The van der Waals surface area contributed by atoms with E-state index in [0.717, 1.165) is 30.4 Å². The highest BCUT2D eigenvalue weighted by Crippen LogP contribution is 2.35. The number of hydrogen-bond acceptors (Lipinski definition) is 3. The molecule has 2 aromatic rings. The fraction of sp³-hybridized carbons (Fsp3) is 0.263. The van der Waals surface area contributed by atoms with Crippen LogP contribution in [0.3, 0.4) is 0 Å². The first kappa shape index (κ1) is 13.8. The van der Waals surface area contributed by atoms with Gasteiger partial charge in [0, 0.05) is 17.3 Å². The smallest absolute Gasteiger partial charge is 0.416 e. The van der Waals surface area contributed by atoms with Gasteiger partial charge in [0.05, 0.1) is 6.04 Å². The van der Waals surface area contributed by atoms with E-state index in [1.807, 2.05) is 42.5 Å². The monoisotopic (exact) mass is 304 g/mol. The number of ether oxygens (including phenoxy) is 1. The van der Waals surface area contributed by atoms with Crippen LogP contribution in [-0.2, 0) is 4.74 Å². The molecule has 1 aromatic heterocycles. The fourth-order valence-electron chi connectivity index (χ4n) is 3.19. The Kier molecular flexibility index (Phi) is 3.47. The minimum absolute atomic E-state index is 0.0295. The standard InChI is InChI=1S/C19H16N2O2/c22-19-21(16-7-4-8-17(16)23-19)18-12-11-15(13-20-18)10-9-14-5-2-1-3-6-14/h1-3,5-6,11-13,16-17H,4,7-8H2/t16-,17+/m1/s1. The van der Waals surface area contributed by atoms with Crippen LogP contribution in [0.15, 0.2) is 48.7 Å². The van der Waals surface area contributed by atoms with E-state index in [0.29, 0.717) is 5.82 Å². The second kappa shape index (κ2) is 5.77. The molecular formula is C19H16N2O2. The van der Waals surface area contributed by atoms with E-state index in [-0.39, 0.29) is 18.2 Å². The third-order valence-electron chi connectivity index (χ3n) is 4.32. The summed E-state index contributed by atoms with van der Waals surface area (Å²) in [5, 5.41) is 0. The zero-order valence-corrected chi connectivity index (χ0v) is 12.6. The Morgan fingerprint density at radius 1 is 1.04 bits per heavy atom. The van der Waals surface area contributed by atoms with Gasteiger partial charge in [-0.05, 0) is 43.5 Å². The van der Waals surface area contributed by atoms with Gasteiger partial charge in [0.25, 0.3) is 0 Å². The molecule has 4 nitrogen and oxygen atoms in total. The molecule has 2 fully saturated rings. The molecule has 1 saturated carbocycles. The summed E-state index contributed by atoms with van der Waals surface area (Å²) in [6.45, 7) is 0. The van der Waals surface area contributed by atoms with Crippen molar-refractivity contribution in [3.63, 3.8) is 0 Å². The molecule has 0 radical (unpaired) electrons. The quantitative estimate of drug-likeness (QED) is 0.759. The van der Waals surface area contributed by atoms with Crippen molar-refractivity contribution in [2.45, 2.75) is 31.4 Å². The number of fused-ring (bicyclic) bond motifs is 1. The topological polar surface area (TPSA) is 42.4 Å². The number of amides is 1. The van der Waals surface area contributed by atoms with E-state index in [1.165, 1.54) is 0 Å². The van der Waals surface area contributed by atoms with Crippen LogP contribution in [0.1, 0.15) is 30.4 Å². The van der Waals surface area contributed by atoms with Crippen molar-refractivity contribution >= 4 is 11.9 Å². The molecule has 4 heteroatoms. The van der Waals surface area contributed by atoms with Gasteiger partial charge in [0.1, 0.15) is 11.9 Å². The van der Waals surface area contributed by atoms with Crippen LogP contribution in [0.25, 0.3) is 0 Å². The Morgan fingerprint density at radius 2 is 1.87 bits per heavy atom. The molecule has 1 saturated heterocycles. The number of hydrogen-bond donors (Lipinski definition) is 0. The van der Waals surface area contributed by atoms with Crippen LogP contribution >= 0.6 is 0 Å². The summed E-state index contributed by atoms with van der Waals surface area (Å²) in [6, 6.07) is 13.7.